The highest BCUT2D eigenvalue weighted by Gasteiger charge is 2.38. The summed E-state index contributed by atoms with van der Waals surface area (Å²) in [5, 5.41) is 8.07. The van der Waals surface area contributed by atoms with Crippen LogP contribution >= 0.6 is 0 Å². The molecule has 0 aromatic heterocycles. The van der Waals surface area contributed by atoms with Crippen LogP contribution in [0.1, 0.15) is 59.3 Å². The van der Waals surface area contributed by atoms with Crippen LogP contribution < -0.4 is 5.84 Å². The lowest BCUT2D eigenvalue weighted by Crippen LogP contribution is -2.25. The van der Waals surface area contributed by atoms with Crippen LogP contribution in [0.3, 0.4) is 0 Å². The molecule has 0 amide bonds. The van der Waals surface area contributed by atoms with Gasteiger partial charge in [0, 0.05) is 26.7 Å². The Labute approximate surface area is 230 Å². The highest BCUT2D eigenvalue weighted by atomic mass is 19.4. The van der Waals surface area contributed by atoms with E-state index in [1.54, 1.807) is 6.92 Å². The molecule has 41 heavy (non-hydrogen) atoms. The number of hydrogen-bond acceptors (Lipinski definition) is 5. The van der Waals surface area contributed by atoms with Gasteiger partial charge in [-0.15, -0.1) is 5.11 Å². The van der Waals surface area contributed by atoms with E-state index in [0.717, 1.165) is 35.0 Å². The van der Waals surface area contributed by atoms with Gasteiger partial charge < -0.3 is 9.64 Å². The lowest BCUT2D eigenvalue weighted by molar-refractivity contribution is -0.143. The van der Waals surface area contributed by atoms with Crippen molar-refractivity contribution in [3.8, 4) is 0 Å². The van der Waals surface area contributed by atoms with Gasteiger partial charge in [0.1, 0.15) is 5.82 Å². The van der Waals surface area contributed by atoms with E-state index in [9.17, 15) is 39.5 Å². The zero-order chi connectivity index (χ0) is 30.8. The van der Waals surface area contributed by atoms with E-state index in [0.29, 0.717) is 17.7 Å². The fraction of sp³-hybridized carbons (Fsp3) is 0.462. The van der Waals surface area contributed by atoms with Gasteiger partial charge in [0.15, 0.2) is 0 Å². The van der Waals surface area contributed by atoms with E-state index in [1.807, 2.05) is 0 Å². The second-order valence-electron chi connectivity index (χ2n) is 9.57. The van der Waals surface area contributed by atoms with Gasteiger partial charge in [0.25, 0.3) is 0 Å². The summed E-state index contributed by atoms with van der Waals surface area (Å²) in [6.45, 7) is 4.62. The maximum Gasteiger partial charge on any atom is 0.416 e. The normalized spacial score (nSPS) is 15.3. The molecule has 6 nitrogen and oxygen atoms in total. The van der Waals surface area contributed by atoms with Gasteiger partial charge in [0.05, 0.1) is 22.8 Å². The third kappa shape index (κ3) is 8.83. The summed E-state index contributed by atoms with van der Waals surface area (Å²) >= 11 is 0. The minimum absolute atomic E-state index is 0.0149. The van der Waals surface area contributed by atoms with Crippen LogP contribution in [0.5, 0.6) is 0 Å². The van der Waals surface area contributed by atoms with Crippen LogP contribution in [-0.4, -0.2) is 23.7 Å². The molecule has 15 heteroatoms. The Kier molecular flexibility index (Phi) is 9.63. The van der Waals surface area contributed by atoms with Gasteiger partial charge in [-0.1, -0.05) is 17.9 Å². The van der Waals surface area contributed by atoms with E-state index in [-0.39, 0.29) is 30.0 Å². The molecule has 0 spiro atoms. The second-order valence-corrected chi connectivity index (χ2v) is 9.57. The molecule has 1 saturated carbocycles. The van der Waals surface area contributed by atoms with Crippen molar-refractivity contribution in [1.29, 1.82) is 0 Å². The van der Waals surface area contributed by atoms with Gasteiger partial charge in [-0.25, -0.2) is 11.0 Å². The van der Waals surface area contributed by atoms with Crippen molar-refractivity contribution in [2.24, 2.45) is 22.1 Å². The third-order valence-corrected chi connectivity index (χ3v) is 6.22. The number of ether oxygens (including phenoxy) is 1. The van der Waals surface area contributed by atoms with Gasteiger partial charge in [-0.3, -0.25) is 0 Å². The maximum absolute atomic E-state index is 13.7. The molecule has 0 heterocycles. The van der Waals surface area contributed by atoms with Crippen molar-refractivity contribution in [3.63, 3.8) is 0 Å². The average molecular weight is 598 g/mol. The predicted molar refractivity (Wildman–Crippen MR) is 130 cm³/mol. The fourth-order valence-corrected chi connectivity index (χ4v) is 4.22. The summed E-state index contributed by atoms with van der Waals surface area (Å²) in [6, 6.07) is 4.10. The molecule has 1 unspecified atom stereocenters. The molecule has 226 valence electrons. The number of halogens is 9. The molecule has 1 aliphatic carbocycles. The van der Waals surface area contributed by atoms with Crippen molar-refractivity contribution in [3.05, 3.63) is 82.2 Å². The van der Waals surface area contributed by atoms with Crippen molar-refractivity contribution in [1.82, 2.24) is 10.0 Å². The Balaban J connectivity index is 2.13. The monoisotopic (exact) mass is 597 g/mol. The molecule has 0 bridgehead atoms. The lowest BCUT2D eigenvalue weighted by atomic mass is 9.95. The molecule has 1 atom stereocenters. The largest absolute Gasteiger partial charge is 0.416 e. The minimum atomic E-state index is -5.09. The molecular formula is C26H28F9N5O. The smallest absolute Gasteiger partial charge is 0.374 e. The van der Waals surface area contributed by atoms with Crippen LogP contribution in [0.4, 0.5) is 39.5 Å². The van der Waals surface area contributed by atoms with Crippen LogP contribution in [-0.2, 0) is 36.4 Å². The Morgan fingerprint density at radius 2 is 1.49 bits per heavy atom. The first-order valence-corrected chi connectivity index (χ1v) is 12.3. The molecule has 2 aromatic carbocycles. The molecule has 2 N–H and O–H groups in total. The third-order valence-electron chi connectivity index (χ3n) is 6.22. The second kappa shape index (κ2) is 12.3. The number of rotatable bonds is 11. The summed E-state index contributed by atoms with van der Waals surface area (Å²) in [4.78, 5) is 1.12. The van der Waals surface area contributed by atoms with Gasteiger partial charge >= 0.3 is 18.5 Å². The first-order chi connectivity index (χ1) is 18.9. The Hall–Kier alpha value is -3.33. The summed E-state index contributed by atoms with van der Waals surface area (Å²) < 4.78 is 128. The standard InChI is InChI=1S/C26H28F9N5O/c1-4-41-23(17-5-6-17)22-8-7-19(24(27,28)29)11-18(22)14-40(15(2)37-38-39(3)36)13-16-9-20(25(30,31)32)12-21(10-16)26(33,34)35/h7-12,17,23H,2,4-6,13-14,36H2,1,3H3/b38-37-. The van der Waals surface area contributed by atoms with Crippen LogP contribution in [0, 0.1) is 5.92 Å². The van der Waals surface area contributed by atoms with Crippen molar-refractivity contribution in [2.75, 3.05) is 13.7 Å². The molecular weight excluding hydrogens is 569 g/mol. The van der Waals surface area contributed by atoms with E-state index >= 15 is 0 Å². The van der Waals surface area contributed by atoms with Crippen molar-refractivity contribution < 1.29 is 44.3 Å². The molecule has 2 aromatic rings. The lowest BCUT2D eigenvalue weighted by Gasteiger charge is -2.28. The highest BCUT2D eigenvalue weighted by Crippen LogP contribution is 2.45. The van der Waals surface area contributed by atoms with Crippen LogP contribution in [0.2, 0.25) is 0 Å². The van der Waals surface area contributed by atoms with Gasteiger partial charge in [-0.2, -0.15) is 39.5 Å². The van der Waals surface area contributed by atoms with Crippen molar-refractivity contribution >= 4 is 0 Å². The zero-order valence-corrected chi connectivity index (χ0v) is 22.0. The molecule has 0 aliphatic heterocycles. The Bertz CT molecular complexity index is 1220. The van der Waals surface area contributed by atoms with E-state index < -0.39 is 60.0 Å². The van der Waals surface area contributed by atoms with Crippen LogP contribution in [0.25, 0.3) is 0 Å². The van der Waals surface area contributed by atoms with Crippen molar-refractivity contribution in [2.45, 2.75) is 57.5 Å². The zero-order valence-electron chi connectivity index (χ0n) is 22.0. The number of hydrazine groups is 1. The Morgan fingerprint density at radius 1 is 0.927 bits per heavy atom. The maximum atomic E-state index is 13.7. The van der Waals surface area contributed by atoms with E-state index in [4.69, 9.17) is 10.6 Å². The average Bonchev–Trinajstić information content (AvgIpc) is 3.69. The number of hydrogen-bond donors (Lipinski definition) is 1. The summed E-state index contributed by atoms with van der Waals surface area (Å²) in [5.41, 5.74) is -4.00. The number of nitrogens with two attached hydrogens (primary N) is 1. The molecule has 0 radical (unpaired) electrons. The molecule has 0 saturated heterocycles. The Morgan fingerprint density at radius 3 is 1.95 bits per heavy atom. The van der Waals surface area contributed by atoms with Gasteiger partial charge in [-0.05, 0) is 72.7 Å². The first-order valence-electron chi connectivity index (χ1n) is 12.3. The molecule has 1 aliphatic rings. The summed E-state index contributed by atoms with van der Waals surface area (Å²) in [5.74, 6) is 5.19. The van der Waals surface area contributed by atoms with E-state index in [2.05, 4.69) is 16.9 Å². The minimum Gasteiger partial charge on any atom is -0.374 e. The summed E-state index contributed by atoms with van der Waals surface area (Å²) in [6.07, 6.45) is -13.9. The van der Waals surface area contributed by atoms with Crippen LogP contribution in [0.15, 0.2) is 59.1 Å². The van der Waals surface area contributed by atoms with E-state index in [1.165, 1.54) is 13.1 Å². The topological polar surface area (TPSA) is 66.5 Å². The number of alkyl halides is 9. The molecule has 1 fully saturated rings. The number of nitrogens with zero attached hydrogens (tertiary/aromatic N) is 4. The first kappa shape index (κ1) is 32.2. The predicted octanol–water partition coefficient (Wildman–Crippen LogP) is 7.88. The number of benzene rings is 2. The fourth-order valence-electron chi connectivity index (χ4n) is 4.22. The quantitative estimate of drug-likeness (QED) is 0.124. The van der Waals surface area contributed by atoms with Gasteiger partial charge in [0.2, 0.25) is 0 Å². The highest BCUT2D eigenvalue weighted by molar-refractivity contribution is 5.37. The molecule has 3 rings (SSSR count). The SMILES string of the molecule is C=C(/N=N\N(C)N)N(Cc1cc(C(F)(F)F)cc(C(F)(F)F)c1)Cc1cc(C(F)(F)F)ccc1C(OCC)C1CC1. The summed E-state index contributed by atoms with van der Waals surface area (Å²) in [7, 11) is 1.29.